The molecule has 1 heterocycles. The van der Waals surface area contributed by atoms with E-state index in [0.29, 0.717) is 12.5 Å². The molecule has 0 aliphatic carbocycles. The molecule has 0 fully saturated rings. The Balaban J connectivity index is 1.93. The zero-order chi connectivity index (χ0) is 11.2. The molecule has 4 heteroatoms. The van der Waals surface area contributed by atoms with Crippen LogP contribution in [0.25, 0.3) is 0 Å². The molecule has 16 heavy (non-hydrogen) atoms. The maximum absolute atomic E-state index is 5.72. The first-order valence-corrected chi connectivity index (χ1v) is 4.99. The molecule has 1 aromatic heterocycles. The molecule has 0 saturated heterocycles. The predicted octanol–water partition coefficient (Wildman–Crippen LogP) is 2.21. The van der Waals surface area contributed by atoms with E-state index in [-0.39, 0.29) is 0 Å². The summed E-state index contributed by atoms with van der Waals surface area (Å²) in [6.45, 7) is 0.443. The van der Waals surface area contributed by atoms with Crippen molar-refractivity contribution in [2.45, 2.75) is 6.54 Å². The molecule has 0 aliphatic heterocycles. The SMILES string of the molecule is NC(=NCc1ccco1)Nc1ccccc1. The van der Waals surface area contributed by atoms with Gasteiger partial charge in [0.1, 0.15) is 12.3 Å². The number of benzene rings is 1. The van der Waals surface area contributed by atoms with E-state index in [2.05, 4.69) is 10.3 Å². The molecule has 82 valence electrons. The van der Waals surface area contributed by atoms with E-state index in [1.54, 1.807) is 6.26 Å². The summed E-state index contributed by atoms with van der Waals surface area (Å²) in [5.74, 6) is 1.17. The number of furan rings is 1. The van der Waals surface area contributed by atoms with Crippen LogP contribution in [0.15, 0.2) is 58.1 Å². The Labute approximate surface area is 93.8 Å². The van der Waals surface area contributed by atoms with Crippen LogP contribution in [-0.2, 0) is 6.54 Å². The van der Waals surface area contributed by atoms with Gasteiger partial charge in [-0.3, -0.25) is 0 Å². The third-order valence-corrected chi connectivity index (χ3v) is 2.03. The average molecular weight is 215 g/mol. The summed E-state index contributed by atoms with van der Waals surface area (Å²) in [4.78, 5) is 4.15. The summed E-state index contributed by atoms with van der Waals surface area (Å²) in [6.07, 6.45) is 1.62. The van der Waals surface area contributed by atoms with Gasteiger partial charge in [0, 0.05) is 5.69 Å². The lowest BCUT2D eigenvalue weighted by molar-refractivity contribution is 0.513. The molecule has 0 unspecified atom stereocenters. The smallest absolute Gasteiger partial charge is 0.193 e. The fraction of sp³-hybridized carbons (Fsp3) is 0.0833. The van der Waals surface area contributed by atoms with Crippen molar-refractivity contribution in [3.63, 3.8) is 0 Å². The van der Waals surface area contributed by atoms with E-state index in [1.807, 2.05) is 42.5 Å². The van der Waals surface area contributed by atoms with Crippen LogP contribution < -0.4 is 11.1 Å². The Morgan fingerprint density at radius 3 is 2.69 bits per heavy atom. The minimum atomic E-state index is 0.377. The Kier molecular flexibility index (Phi) is 3.23. The van der Waals surface area contributed by atoms with Gasteiger partial charge < -0.3 is 15.5 Å². The molecule has 0 saturated carbocycles. The second-order valence-corrected chi connectivity index (χ2v) is 3.27. The number of hydrogen-bond acceptors (Lipinski definition) is 2. The first kappa shape index (κ1) is 10.3. The van der Waals surface area contributed by atoms with Crippen molar-refractivity contribution in [2.24, 2.45) is 10.7 Å². The molecule has 3 N–H and O–H groups in total. The summed E-state index contributed by atoms with van der Waals surface area (Å²) in [5.41, 5.74) is 6.64. The summed E-state index contributed by atoms with van der Waals surface area (Å²) in [7, 11) is 0. The van der Waals surface area contributed by atoms with Crippen LogP contribution in [0, 0.1) is 0 Å². The van der Waals surface area contributed by atoms with Gasteiger partial charge in [0.05, 0.1) is 6.26 Å². The number of para-hydroxylation sites is 1. The largest absolute Gasteiger partial charge is 0.467 e. The van der Waals surface area contributed by atoms with Crippen molar-refractivity contribution in [1.29, 1.82) is 0 Å². The van der Waals surface area contributed by atoms with Gasteiger partial charge in [-0.15, -0.1) is 0 Å². The van der Waals surface area contributed by atoms with Gasteiger partial charge in [-0.25, -0.2) is 4.99 Å². The molecule has 4 nitrogen and oxygen atoms in total. The number of anilines is 1. The normalized spacial score (nSPS) is 11.4. The highest BCUT2D eigenvalue weighted by molar-refractivity contribution is 5.92. The number of nitrogens with two attached hydrogens (primary N) is 1. The van der Waals surface area contributed by atoms with Crippen molar-refractivity contribution in [2.75, 3.05) is 5.32 Å². The number of guanidine groups is 1. The molecule has 2 aromatic rings. The summed E-state index contributed by atoms with van der Waals surface area (Å²) < 4.78 is 5.14. The summed E-state index contributed by atoms with van der Waals surface area (Å²) >= 11 is 0. The van der Waals surface area contributed by atoms with Crippen LogP contribution in [0.2, 0.25) is 0 Å². The molecular weight excluding hydrogens is 202 g/mol. The fourth-order valence-electron chi connectivity index (χ4n) is 1.27. The minimum absolute atomic E-state index is 0.377. The van der Waals surface area contributed by atoms with E-state index >= 15 is 0 Å². The second-order valence-electron chi connectivity index (χ2n) is 3.27. The first-order chi connectivity index (χ1) is 7.84. The third kappa shape index (κ3) is 2.88. The van der Waals surface area contributed by atoms with Crippen LogP contribution in [0.5, 0.6) is 0 Å². The number of nitrogens with one attached hydrogen (secondary N) is 1. The predicted molar refractivity (Wildman–Crippen MR) is 64.1 cm³/mol. The standard InChI is InChI=1S/C12H13N3O/c13-12(14-9-11-7-4-8-16-11)15-10-5-2-1-3-6-10/h1-8H,9H2,(H3,13,14,15). The van der Waals surface area contributed by atoms with E-state index in [4.69, 9.17) is 10.2 Å². The highest BCUT2D eigenvalue weighted by atomic mass is 16.3. The summed E-state index contributed by atoms with van der Waals surface area (Å²) in [5, 5.41) is 2.99. The lowest BCUT2D eigenvalue weighted by atomic mass is 10.3. The molecule has 2 rings (SSSR count). The number of nitrogens with zero attached hydrogens (tertiary/aromatic N) is 1. The maximum atomic E-state index is 5.72. The molecule has 0 bridgehead atoms. The Morgan fingerprint density at radius 1 is 1.19 bits per heavy atom. The van der Waals surface area contributed by atoms with Gasteiger partial charge in [0.2, 0.25) is 0 Å². The van der Waals surface area contributed by atoms with Crippen molar-refractivity contribution in [3.8, 4) is 0 Å². The zero-order valence-electron chi connectivity index (χ0n) is 8.76. The zero-order valence-corrected chi connectivity index (χ0v) is 8.76. The van der Waals surface area contributed by atoms with Crippen LogP contribution in [0.3, 0.4) is 0 Å². The van der Waals surface area contributed by atoms with Gasteiger partial charge in [-0.1, -0.05) is 18.2 Å². The quantitative estimate of drug-likeness (QED) is 0.609. The monoisotopic (exact) mass is 215 g/mol. The molecule has 0 aliphatic rings. The van der Waals surface area contributed by atoms with Crippen molar-refractivity contribution < 1.29 is 4.42 Å². The van der Waals surface area contributed by atoms with Crippen LogP contribution in [-0.4, -0.2) is 5.96 Å². The Hall–Kier alpha value is -2.23. The lowest BCUT2D eigenvalue weighted by Crippen LogP contribution is -2.22. The highest BCUT2D eigenvalue weighted by Gasteiger charge is 1.95. The second kappa shape index (κ2) is 5.02. The topological polar surface area (TPSA) is 63.5 Å². The van der Waals surface area contributed by atoms with Crippen molar-refractivity contribution in [3.05, 3.63) is 54.5 Å². The molecule has 0 radical (unpaired) electrons. The van der Waals surface area contributed by atoms with E-state index in [0.717, 1.165) is 11.4 Å². The van der Waals surface area contributed by atoms with Crippen molar-refractivity contribution in [1.82, 2.24) is 0 Å². The first-order valence-electron chi connectivity index (χ1n) is 4.99. The maximum Gasteiger partial charge on any atom is 0.193 e. The van der Waals surface area contributed by atoms with Gasteiger partial charge in [-0.05, 0) is 24.3 Å². The Bertz CT molecular complexity index is 448. The molecule has 0 atom stereocenters. The van der Waals surface area contributed by atoms with Gasteiger partial charge in [0.25, 0.3) is 0 Å². The van der Waals surface area contributed by atoms with Gasteiger partial charge in [0.15, 0.2) is 5.96 Å². The van der Waals surface area contributed by atoms with Gasteiger partial charge >= 0.3 is 0 Å². The van der Waals surface area contributed by atoms with Crippen LogP contribution in [0.4, 0.5) is 5.69 Å². The van der Waals surface area contributed by atoms with E-state index < -0.39 is 0 Å². The molecular formula is C12H13N3O. The number of rotatable bonds is 3. The van der Waals surface area contributed by atoms with Crippen LogP contribution >= 0.6 is 0 Å². The summed E-state index contributed by atoms with van der Waals surface area (Å²) in [6, 6.07) is 13.3. The number of aliphatic imine (C=N–C) groups is 1. The van der Waals surface area contributed by atoms with E-state index in [1.165, 1.54) is 0 Å². The number of hydrogen-bond donors (Lipinski definition) is 2. The minimum Gasteiger partial charge on any atom is -0.467 e. The van der Waals surface area contributed by atoms with E-state index in [9.17, 15) is 0 Å². The molecule has 0 spiro atoms. The third-order valence-electron chi connectivity index (χ3n) is 2.03. The fourth-order valence-corrected chi connectivity index (χ4v) is 1.27. The highest BCUT2D eigenvalue weighted by Crippen LogP contribution is 2.05. The van der Waals surface area contributed by atoms with Crippen molar-refractivity contribution >= 4 is 11.6 Å². The molecule has 0 amide bonds. The Morgan fingerprint density at radius 2 is 2.00 bits per heavy atom. The molecule has 1 aromatic carbocycles. The van der Waals surface area contributed by atoms with Gasteiger partial charge in [-0.2, -0.15) is 0 Å². The average Bonchev–Trinajstić information content (AvgIpc) is 2.81. The van der Waals surface area contributed by atoms with Crippen LogP contribution in [0.1, 0.15) is 5.76 Å². The lowest BCUT2D eigenvalue weighted by Gasteiger charge is -2.04.